The average Bonchev–Trinajstić information content (AvgIpc) is 2.90. The zero-order chi connectivity index (χ0) is 15.2. The molecule has 1 aromatic carbocycles. The Morgan fingerprint density at radius 2 is 1.95 bits per heavy atom. The van der Waals surface area contributed by atoms with Crippen molar-refractivity contribution in [3.8, 4) is 0 Å². The molecule has 0 bridgehead atoms. The number of ether oxygens (including phenoxy) is 1. The van der Waals surface area contributed by atoms with Crippen LogP contribution in [0.5, 0.6) is 0 Å². The van der Waals surface area contributed by atoms with E-state index in [9.17, 15) is 9.59 Å². The molecule has 0 fully saturated rings. The Morgan fingerprint density at radius 3 is 2.48 bits per heavy atom. The fourth-order valence-electron chi connectivity index (χ4n) is 2.41. The molecule has 0 radical (unpaired) electrons. The second-order valence-electron chi connectivity index (χ2n) is 5.10. The van der Waals surface area contributed by atoms with Crippen LogP contribution in [0.2, 0.25) is 0 Å². The molecule has 6 nitrogen and oxygen atoms in total. The van der Waals surface area contributed by atoms with E-state index >= 15 is 0 Å². The van der Waals surface area contributed by atoms with Crippen molar-refractivity contribution in [2.24, 2.45) is 0 Å². The molecule has 1 unspecified atom stereocenters. The van der Waals surface area contributed by atoms with E-state index in [1.807, 2.05) is 24.3 Å². The number of nitrogens with one attached hydrogen (secondary N) is 1. The second-order valence-corrected chi connectivity index (χ2v) is 5.10. The van der Waals surface area contributed by atoms with E-state index in [2.05, 4.69) is 5.32 Å². The smallest absolute Gasteiger partial charge is 0.326 e. The van der Waals surface area contributed by atoms with Gasteiger partial charge in [-0.1, -0.05) is 24.3 Å². The maximum atomic E-state index is 12.2. The minimum absolute atomic E-state index is 0.337. The topological polar surface area (TPSA) is 78.9 Å². The molecule has 1 aliphatic rings. The summed E-state index contributed by atoms with van der Waals surface area (Å²) in [4.78, 5) is 25.0. The summed E-state index contributed by atoms with van der Waals surface area (Å²) < 4.78 is 4.90. The van der Waals surface area contributed by atoms with E-state index in [0.29, 0.717) is 32.5 Å². The van der Waals surface area contributed by atoms with E-state index in [1.54, 1.807) is 12.0 Å². The van der Waals surface area contributed by atoms with Crippen LogP contribution < -0.4 is 5.32 Å². The van der Waals surface area contributed by atoms with Gasteiger partial charge in [0.2, 0.25) is 0 Å². The SMILES string of the molecule is COCCCC(NC(=O)N1Cc2ccccc2C1)C(=O)O. The Labute approximate surface area is 123 Å². The van der Waals surface area contributed by atoms with Crippen molar-refractivity contribution in [2.75, 3.05) is 13.7 Å². The Kier molecular flexibility index (Phi) is 5.16. The van der Waals surface area contributed by atoms with Gasteiger partial charge in [0.15, 0.2) is 0 Å². The largest absolute Gasteiger partial charge is 0.480 e. The lowest BCUT2D eigenvalue weighted by Crippen LogP contribution is -2.46. The third-order valence-electron chi connectivity index (χ3n) is 3.57. The summed E-state index contributed by atoms with van der Waals surface area (Å²) in [7, 11) is 1.57. The van der Waals surface area contributed by atoms with Gasteiger partial charge in [0.1, 0.15) is 6.04 Å². The van der Waals surface area contributed by atoms with Crippen LogP contribution in [0.3, 0.4) is 0 Å². The summed E-state index contributed by atoms with van der Waals surface area (Å²) in [6.07, 6.45) is 0.948. The van der Waals surface area contributed by atoms with Crippen molar-refractivity contribution in [2.45, 2.75) is 32.0 Å². The van der Waals surface area contributed by atoms with Gasteiger partial charge >= 0.3 is 12.0 Å². The number of carbonyl (C=O) groups is 2. The van der Waals surface area contributed by atoms with Crippen molar-refractivity contribution >= 4 is 12.0 Å². The lowest BCUT2D eigenvalue weighted by atomic mass is 10.1. The molecule has 0 aliphatic carbocycles. The highest BCUT2D eigenvalue weighted by atomic mass is 16.5. The van der Waals surface area contributed by atoms with Crippen LogP contribution in [0.15, 0.2) is 24.3 Å². The number of urea groups is 1. The first-order valence-corrected chi connectivity index (χ1v) is 6.95. The highest BCUT2D eigenvalue weighted by Gasteiger charge is 2.26. The number of methoxy groups -OCH3 is 1. The number of nitrogens with zero attached hydrogens (tertiary/aromatic N) is 1. The van der Waals surface area contributed by atoms with Crippen LogP contribution in [0.25, 0.3) is 0 Å². The summed E-state index contributed by atoms with van der Waals surface area (Å²) in [5, 5.41) is 11.7. The minimum atomic E-state index is -1.02. The maximum Gasteiger partial charge on any atom is 0.326 e. The van der Waals surface area contributed by atoms with Gasteiger partial charge in [-0.3, -0.25) is 0 Å². The average molecular weight is 292 g/mol. The highest BCUT2D eigenvalue weighted by molar-refractivity contribution is 5.82. The van der Waals surface area contributed by atoms with Crippen LogP contribution in [0, 0.1) is 0 Å². The fourth-order valence-corrected chi connectivity index (χ4v) is 2.41. The zero-order valence-electron chi connectivity index (χ0n) is 12.0. The third kappa shape index (κ3) is 3.95. The van der Waals surface area contributed by atoms with Gasteiger partial charge in [0.05, 0.1) is 0 Å². The van der Waals surface area contributed by atoms with Gasteiger partial charge in [-0.05, 0) is 24.0 Å². The van der Waals surface area contributed by atoms with Gasteiger partial charge in [-0.2, -0.15) is 0 Å². The van der Waals surface area contributed by atoms with Gasteiger partial charge in [-0.15, -0.1) is 0 Å². The number of hydrogen-bond acceptors (Lipinski definition) is 3. The Balaban J connectivity index is 1.90. The predicted octanol–water partition coefficient (Wildman–Crippen LogP) is 1.59. The zero-order valence-corrected chi connectivity index (χ0v) is 12.0. The van der Waals surface area contributed by atoms with Crippen LogP contribution in [-0.2, 0) is 22.6 Å². The van der Waals surface area contributed by atoms with E-state index in [1.165, 1.54) is 0 Å². The highest BCUT2D eigenvalue weighted by Crippen LogP contribution is 2.22. The van der Waals surface area contributed by atoms with E-state index in [-0.39, 0.29) is 6.03 Å². The lowest BCUT2D eigenvalue weighted by Gasteiger charge is -2.20. The molecule has 0 aromatic heterocycles. The number of amides is 2. The number of rotatable bonds is 6. The lowest BCUT2D eigenvalue weighted by molar-refractivity contribution is -0.139. The van der Waals surface area contributed by atoms with Crippen LogP contribution in [0.4, 0.5) is 4.79 Å². The van der Waals surface area contributed by atoms with Crippen molar-refractivity contribution in [3.05, 3.63) is 35.4 Å². The predicted molar refractivity (Wildman–Crippen MR) is 76.8 cm³/mol. The number of benzene rings is 1. The molecule has 114 valence electrons. The third-order valence-corrected chi connectivity index (χ3v) is 3.57. The summed E-state index contributed by atoms with van der Waals surface area (Å²) in [5.41, 5.74) is 2.22. The number of hydrogen-bond donors (Lipinski definition) is 2. The number of carboxylic acids is 1. The van der Waals surface area contributed by atoms with Crippen LogP contribution >= 0.6 is 0 Å². The first kappa shape index (κ1) is 15.3. The molecule has 1 aromatic rings. The first-order valence-electron chi connectivity index (χ1n) is 6.95. The normalized spacial score (nSPS) is 14.6. The van der Waals surface area contributed by atoms with Crippen LogP contribution in [-0.4, -0.2) is 41.8 Å². The number of fused-ring (bicyclic) bond motifs is 1. The minimum Gasteiger partial charge on any atom is -0.480 e. The molecule has 2 amide bonds. The molecule has 0 spiro atoms. The van der Waals surface area contributed by atoms with Gasteiger partial charge in [-0.25, -0.2) is 9.59 Å². The van der Waals surface area contributed by atoms with Gasteiger partial charge < -0.3 is 20.1 Å². The van der Waals surface area contributed by atoms with Crippen LogP contribution in [0.1, 0.15) is 24.0 Å². The summed E-state index contributed by atoms with van der Waals surface area (Å²) in [6.45, 7) is 1.52. The monoisotopic (exact) mass is 292 g/mol. The quantitative estimate of drug-likeness (QED) is 0.780. The van der Waals surface area contributed by atoms with Crippen molar-refractivity contribution < 1.29 is 19.4 Å². The van der Waals surface area contributed by atoms with Crippen molar-refractivity contribution in [3.63, 3.8) is 0 Å². The molecular weight excluding hydrogens is 272 g/mol. The van der Waals surface area contributed by atoms with Gasteiger partial charge in [0.25, 0.3) is 0 Å². The second kappa shape index (κ2) is 7.08. The molecule has 1 atom stereocenters. The summed E-state index contributed by atoms with van der Waals surface area (Å²) in [5.74, 6) is -1.02. The van der Waals surface area contributed by atoms with Crippen molar-refractivity contribution in [1.82, 2.24) is 10.2 Å². The molecular formula is C15H20N2O4. The molecule has 1 aliphatic heterocycles. The summed E-state index contributed by atoms with van der Waals surface area (Å²) >= 11 is 0. The maximum absolute atomic E-state index is 12.2. The van der Waals surface area contributed by atoms with E-state index < -0.39 is 12.0 Å². The molecule has 2 rings (SSSR count). The standard InChI is InChI=1S/C15H20N2O4/c1-21-8-4-7-13(14(18)19)16-15(20)17-9-11-5-2-3-6-12(11)10-17/h2-3,5-6,13H,4,7-10H2,1H3,(H,16,20)(H,18,19). The number of carboxylic acid groups (broad SMARTS) is 1. The number of carbonyl (C=O) groups excluding carboxylic acids is 1. The van der Waals surface area contributed by atoms with E-state index in [4.69, 9.17) is 9.84 Å². The Morgan fingerprint density at radius 1 is 1.33 bits per heavy atom. The first-order chi connectivity index (χ1) is 10.1. The molecule has 21 heavy (non-hydrogen) atoms. The fraction of sp³-hybridized carbons (Fsp3) is 0.467. The van der Waals surface area contributed by atoms with Gasteiger partial charge in [0, 0.05) is 26.8 Å². The number of aliphatic carboxylic acids is 1. The molecule has 1 heterocycles. The molecule has 2 N–H and O–H groups in total. The Hall–Kier alpha value is -2.08. The molecule has 0 saturated heterocycles. The molecule has 0 saturated carbocycles. The van der Waals surface area contributed by atoms with Crippen molar-refractivity contribution in [1.29, 1.82) is 0 Å². The van der Waals surface area contributed by atoms with E-state index in [0.717, 1.165) is 11.1 Å². The summed E-state index contributed by atoms with van der Waals surface area (Å²) in [6, 6.07) is 6.62. The molecule has 6 heteroatoms. The Bertz CT molecular complexity index is 493.